The van der Waals surface area contributed by atoms with Crippen LogP contribution in [-0.4, -0.2) is 32.9 Å². The van der Waals surface area contributed by atoms with Crippen molar-refractivity contribution < 1.29 is 14.2 Å². The van der Waals surface area contributed by atoms with Gasteiger partial charge in [-0.15, -0.1) is 0 Å². The molecular weight excluding hydrogens is 395 g/mol. The molecule has 3 rings (SSSR count). The summed E-state index contributed by atoms with van der Waals surface area (Å²) in [6.07, 6.45) is 0. The summed E-state index contributed by atoms with van der Waals surface area (Å²) < 4.78 is 5.18. The number of hydrogen-bond acceptors (Lipinski definition) is 6. The quantitative estimate of drug-likeness (QED) is 0.464. The Morgan fingerprint density at radius 2 is 1.93 bits per heavy atom. The van der Waals surface area contributed by atoms with Crippen LogP contribution in [0.15, 0.2) is 47.0 Å². The van der Waals surface area contributed by atoms with Gasteiger partial charge in [0.05, 0.1) is 22.1 Å². The summed E-state index contributed by atoms with van der Waals surface area (Å²) in [5.41, 5.74) is 0.674. The average Bonchev–Trinajstić information content (AvgIpc) is 3.10. The maximum absolute atomic E-state index is 12.5. The molecule has 0 atom stereocenters. The molecule has 2 aromatic carbocycles. The molecule has 0 fully saturated rings. The van der Waals surface area contributed by atoms with Gasteiger partial charge in [0.25, 0.3) is 11.6 Å². The first-order chi connectivity index (χ1) is 12.8. The van der Waals surface area contributed by atoms with Crippen molar-refractivity contribution in [3.63, 3.8) is 0 Å². The van der Waals surface area contributed by atoms with Crippen LogP contribution in [0.5, 0.6) is 0 Å². The fourth-order valence-electron chi connectivity index (χ4n) is 2.31. The SMILES string of the molecule is CN(Cc1nc(-c2ccc(Cl)cc2)no1)C(=O)c1ccc([N+](=O)[O-])cc1Cl. The van der Waals surface area contributed by atoms with Gasteiger partial charge in [0.1, 0.15) is 0 Å². The Hall–Kier alpha value is -2.97. The Balaban J connectivity index is 1.73. The van der Waals surface area contributed by atoms with E-state index in [4.69, 9.17) is 27.7 Å². The minimum absolute atomic E-state index is 0.00608. The lowest BCUT2D eigenvalue weighted by molar-refractivity contribution is -0.384. The normalized spacial score (nSPS) is 10.6. The Bertz CT molecular complexity index is 1000. The number of nitro groups is 1. The number of aromatic nitrogens is 2. The molecule has 10 heteroatoms. The summed E-state index contributed by atoms with van der Waals surface area (Å²) in [5.74, 6) is 0.172. The number of amides is 1. The molecule has 0 saturated carbocycles. The first-order valence-corrected chi connectivity index (χ1v) is 8.38. The second-order valence-electron chi connectivity index (χ2n) is 5.60. The van der Waals surface area contributed by atoms with Gasteiger partial charge in [0, 0.05) is 29.8 Å². The Kier molecular flexibility index (Phi) is 5.38. The minimum Gasteiger partial charge on any atom is -0.337 e. The van der Waals surface area contributed by atoms with Gasteiger partial charge in [0.2, 0.25) is 11.7 Å². The second kappa shape index (κ2) is 7.73. The lowest BCUT2D eigenvalue weighted by Gasteiger charge is -2.15. The fraction of sp³-hybridized carbons (Fsp3) is 0.118. The van der Waals surface area contributed by atoms with Crippen LogP contribution < -0.4 is 0 Å². The second-order valence-corrected chi connectivity index (χ2v) is 6.44. The molecule has 27 heavy (non-hydrogen) atoms. The smallest absolute Gasteiger partial charge is 0.270 e. The van der Waals surface area contributed by atoms with Gasteiger partial charge in [-0.2, -0.15) is 4.98 Å². The van der Waals surface area contributed by atoms with E-state index in [-0.39, 0.29) is 28.7 Å². The standard InChI is InChI=1S/C17H12Cl2N4O4/c1-22(17(24)13-7-6-12(23(25)26)8-14(13)19)9-15-20-16(21-27-15)10-2-4-11(18)5-3-10/h2-8H,9H2,1H3. The van der Waals surface area contributed by atoms with Crippen molar-refractivity contribution in [1.29, 1.82) is 0 Å². The molecule has 138 valence electrons. The lowest BCUT2D eigenvalue weighted by Crippen LogP contribution is -2.26. The molecule has 0 aliphatic heterocycles. The van der Waals surface area contributed by atoms with Crippen molar-refractivity contribution in [1.82, 2.24) is 15.0 Å². The number of non-ortho nitro benzene ring substituents is 1. The van der Waals surface area contributed by atoms with E-state index >= 15 is 0 Å². The van der Waals surface area contributed by atoms with Gasteiger partial charge in [-0.05, 0) is 30.3 Å². The van der Waals surface area contributed by atoms with E-state index in [9.17, 15) is 14.9 Å². The molecule has 1 amide bonds. The van der Waals surface area contributed by atoms with Crippen molar-refractivity contribution in [2.75, 3.05) is 7.05 Å². The van der Waals surface area contributed by atoms with Crippen molar-refractivity contribution in [2.45, 2.75) is 6.54 Å². The van der Waals surface area contributed by atoms with Crippen molar-refractivity contribution >= 4 is 34.8 Å². The zero-order chi connectivity index (χ0) is 19.6. The van der Waals surface area contributed by atoms with Crippen molar-refractivity contribution in [2.24, 2.45) is 0 Å². The van der Waals surface area contributed by atoms with E-state index in [1.807, 2.05) is 0 Å². The average molecular weight is 407 g/mol. The van der Waals surface area contributed by atoms with Gasteiger partial charge in [-0.3, -0.25) is 14.9 Å². The van der Waals surface area contributed by atoms with Crippen molar-refractivity contribution in [3.05, 3.63) is 74.1 Å². The van der Waals surface area contributed by atoms with Crippen LogP contribution in [0.4, 0.5) is 5.69 Å². The monoisotopic (exact) mass is 406 g/mol. The van der Waals surface area contributed by atoms with Crippen LogP contribution in [0.2, 0.25) is 10.0 Å². The minimum atomic E-state index is -0.583. The Labute approximate surface area is 163 Å². The first-order valence-electron chi connectivity index (χ1n) is 7.63. The number of halogens is 2. The van der Waals surface area contributed by atoms with E-state index in [2.05, 4.69) is 10.1 Å². The largest absolute Gasteiger partial charge is 0.337 e. The maximum atomic E-state index is 12.5. The number of carbonyl (C=O) groups excluding carboxylic acids is 1. The summed E-state index contributed by atoms with van der Waals surface area (Å²) in [7, 11) is 1.53. The molecule has 0 saturated heterocycles. The predicted molar refractivity (Wildman–Crippen MR) is 98.6 cm³/mol. The van der Waals surface area contributed by atoms with Gasteiger partial charge in [-0.25, -0.2) is 0 Å². The summed E-state index contributed by atoms with van der Waals surface area (Å²) in [4.78, 5) is 28.3. The predicted octanol–water partition coefficient (Wildman–Crippen LogP) is 4.22. The van der Waals surface area contributed by atoms with Crippen LogP contribution >= 0.6 is 23.2 Å². The molecule has 0 aliphatic carbocycles. The van der Waals surface area contributed by atoms with Gasteiger partial charge in [-0.1, -0.05) is 28.4 Å². The molecule has 1 aromatic heterocycles. The molecule has 8 nitrogen and oxygen atoms in total. The first kappa shape index (κ1) is 18.8. The number of hydrogen-bond donors (Lipinski definition) is 0. The molecular formula is C17H12Cl2N4O4. The number of carbonyl (C=O) groups is 1. The summed E-state index contributed by atoms with van der Waals surface area (Å²) >= 11 is 11.8. The van der Waals surface area contributed by atoms with E-state index in [0.717, 1.165) is 11.6 Å². The van der Waals surface area contributed by atoms with Crippen LogP contribution in [0.1, 0.15) is 16.2 Å². The van der Waals surface area contributed by atoms with Crippen LogP contribution in [0, 0.1) is 10.1 Å². The number of nitrogens with zero attached hydrogens (tertiary/aromatic N) is 4. The van der Waals surface area contributed by atoms with Crippen molar-refractivity contribution in [3.8, 4) is 11.4 Å². The zero-order valence-corrected chi connectivity index (χ0v) is 15.4. The molecule has 0 radical (unpaired) electrons. The van der Waals surface area contributed by atoms with Crippen LogP contribution in [0.3, 0.4) is 0 Å². The number of rotatable bonds is 5. The third-order valence-electron chi connectivity index (χ3n) is 3.68. The highest BCUT2D eigenvalue weighted by molar-refractivity contribution is 6.34. The Morgan fingerprint density at radius 3 is 2.56 bits per heavy atom. The molecule has 0 spiro atoms. The third-order valence-corrected chi connectivity index (χ3v) is 4.25. The van der Waals surface area contributed by atoms with Gasteiger partial charge in [0.15, 0.2) is 0 Å². The zero-order valence-electron chi connectivity index (χ0n) is 13.9. The maximum Gasteiger partial charge on any atom is 0.270 e. The van der Waals surface area contributed by atoms with Gasteiger partial charge < -0.3 is 9.42 Å². The summed E-state index contributed by atoms with van der Waals surface area (Å²) in [5, 5.41) is 15.2. The van der Waals surface area contributed by atoms with Crippen LogP contribution in [0.25, 0.3) is 11.4 Å². The molecule has 3 aromatic rings. The molecule has 0 unspecified atom stereocenters. The number of benzene rings is 2. The lowest BCUT2D eigenvalue weighted by atomic mass is 10.2. The third kappa shape index (κ3) is 4.24. The Morgan fingerprint density at radius 1 is 1.22 bits per heavy atom. The van der Waals surface area contributed by atoms with Crippen LogP contribution in [-0.2, 0) is 6.54 Å². The molecule has 0 N–H and O–H groups in total. The highest BCUT2D eigenvalue weighted by Gasteiger charge is 2.20. The van der Waals surface area contributed by atoms with E-state index in [1.54, 1.807) is 24.3 Å². The van der Waals surface area contributed by atoms with E-state index in [0.29, 0.717) is 10.8 Å². The van der Waals surface area contributed by atoms with Gasteiger partial charge >= 0.3 is 0 Å². The number of nitro benzene ring substituents is 1. The molecule has 1 heterocycles. The van der Waals surface area contributed by atoms with E-state index in [1.165, 1.54) is 24.1 Å². The fourth-order valence-corrected chi connectivity index (χ4v) is 2.69. The molecule has 0 aliphatic rings. The summed E-state index contributed by atoms with van der Waals surface area (Å²) in [6.45, 7) is 0.0484. The molecule has 0 bridgehead atoms. The summed E-state index contributed by atoms with van der Waals surface area (Å²) in [6, 6.07) is 10.6. The highest BCUT2D eigenvalue weighted by Crippen LogP contribution is 2.24. The highest BCUT2D eigenvalue weighted by atomic mass is 35.5. The topological polar surface area (TPSA) is 102 Å². The van der Waals surface area contributed by atoms with E-state index < -0.39 is 10.8 Å².